The number of hydrogen-bond acceptors (Lipinski definition) is 2. The number of phenols is 1. The van der Waals surface area contributed by atoms with Crippen LogP contribution in [0.1, 0.15) is 24.1 Å². The summed E-state index contributed by atoms with van der Waals surface area (Å²) in [5.41, 5.74) is 3.45. The molecule has 0 spiro atoms. The van der Waals surface area contributed by atoms with Gasteiger partial charge in [-0.05, 0) is 37.6 Å². The van der Waals surface area contributed by atoms with Gasteiger partial charge in [0.15, 0.2) is 0 Å². The van der Waals surface area contributed by atoms with Crippen molar-refractivity contribution in [2.24, 2.45) is 0 Å². The second-order valence-corrected chi connectivity index (χ2v) is 4.16. The summed E-state index contributed by atoms with van der Waals surface area (Å²) >= 11 is 0. The second kappa shape index (κ2) is 3.00. The van der Waals surface area contributed by atoms with Gasteiger partial charge < -0.3 is 15.4 Å². The van der Waals surface area contributed by atoms with Crippen LogP contribution in [-0.4, -0.2) is 16.6 Å². The van der Waals surface area contributed by atoms with Crippen LogP contribution in [0.15, 0.2) is 18.3 Å². The van der Waals surface area contributed by atoms with E-state index in [4.69, 9.17) is 0 Å². The van der Waals surface area contributed by atoms with Gasteiger partial charge in [0.1, 0.15) is 5.75 Å². The molecule has 0 saturated heterocycles. The molecule has 2 aromatic rings. The Morgan fingerprint density at radius 3 is 3.13 bits per heavy atom. The van der Waals surface area contributed by atoms with E-state index in [1.54, 1.807) is 6.07 Å². The van der Waals surface area contributed by atoms with Crippen molar-refractivity contribution in [2.45, 2.75) is 19.4 Å². The fraction of sp³-hybridized carbons (Fsp3) is 0.333. The molecule has 1 atom stereocenters. The lowest BCUT2D eigenvalue weighted by Crippen LogP contribution is -2.19. The molecule has 0 bridgehead atoms. The van der Waals surface area contributed by atoms with Crippen molar-refractivity contribution in [2.75, 3.05) is 6.54 Å². The van der Waals surface area contributed by atoms with E-state index >= 15 is 0 Å². The molecule has 3 rings (SSSR count). The highest BCUT2D eigenvalue weighted by molar-refractivity contribution is 5.89. The molecule has 0 amide bonds. The molecule has 1 unspecified atom stereocenters. The van der Waals surface area contributed by atoms with E-state index in [9.17, 15) is 5.11 Å². The predicted molar refractivity (Wildman–Crippen MR) is 60.1 cm³/mol. The highest BCUT2D eigenvalue weighted by Gasteiger charge is 2.20. The van der Waals surface area contributed by atoms with Gasteiger partial charge >= 0.3 is 0 Å². The van der Waals surface area contributed by atoms with Crippen molar-refractivity contribution >= 4 is 10.9 Å². The molecule has 3 nitrogen and oxygen atoms in total. The van der Waals surface area contributed by atoms with Crippen molar-refractivity contribution in [3.05, 3.63) is 29.5 Å². The number of aromatic hydroxyl groups is 1. The summed E-state index contributed by atoms with van der Waals surface area (Å²) in [5, 5.41) is 14.5. The number of nitrogens with one attached hydrogen (secondary N) is 2. The van der Waals surface area contributed by atoms with Gasteiger partial charge in [-0.25, -0.2) is 0 Å². The number of aromatic amines is 1. The Morgan fingerprint density at radius 1 is 1.40 bits per heavy atom. The van der Waals surface area contributed by atoms with Crippen molar-refractivity contribution in [3.63, 3.8) is 0 Å². The fourth-order valence-corrected chi connectivity index (χ4v) is 2.47. The average molecular weight is 202 g/mol. The zero-order valence-electron chi connectivity index (χ0n) is 8.67. The number of benzene rings is 1. The van der Waals surface area contributed by atoms with Crippen molar-refractivity contribution in [1.29, 1.82) is 0 Å². The highest BCUT2D eigenvalue weighted by Crippen LogP contribution is 2.35. The first kappa shape index (κ1) is 8.80. The molecular weight excluding hydrogens is 188 g/mol. The zero-order valence-corrected chi connectivity index (χ0v) is 8.67. The minimum atomic E-state index is 0.214. The predicted octanol–water partition coefficient (Wildman–Crippen LogP) is 2.08. The molecule has 0 radical (unpaired) electrons. The van der Waals surface area contributed by atoms with Crippen LogP contribution in [0.4, 0.5) is 0 Å². The molecule has 0 fully saturated rings. The van der Waals surface area contributed by atoms with Gasteiger partial charge in [0.25, 0.3) is 0 Å². The normalized spacial score (nSPS) is 20.5. The molecule has 78 valence electrons. The van der Waals surface area contributed by atoms with Crippen LogP contribution in [0, 0.1) is 0 Å². The Morgan fingerprint density at radius 2 is 2.27 bits per heavy atom. The first-order chi connectivity index (χ1) is 7.27. The van der Waals surface area contributed by atoms with Gasteiger partial charge in [-0.3, -0.25) is 0 Å². The first-order valence-electron chi connectivity index (χ1n) is 5.32. The minimum Gasteiger partial charge on any atom is -0.508 e. The molecule has 0 aliphatic carbocycles. The maximum atomic E-state index is 9.93. The molecular formula is C12H14N2O. The Labute approximate surface area is 88.1 Å². The van der Waals surface area contributed by atoms with Crippen LogP contribution in [0.25, 0.3) is 10.9 Å². The quantitative estimate of drug-likeness (QED) is 0.612. The second-order valence-electron chi connectivity index (χ2n) is 4.16. The number of aromatic nitrogens is 1. The summed E-state index contributed by atoms with van der Waals surface area (Å²) in [4.78, 5) is 3.26. The summed E-state index contributed by atoms with van der Waals surface area (Å²) in [7, 11) is 0. The molecule has 3 N–H and O–H groups in total. The first-order valence-corrected chi connectivity index (χ1v) is 5.32. The van der Waals surface area contributed by atoms with Gasteiger partial charge in [-0.2, -0.15) is 0 Å². The average Bonchev–Trinajstić information content (AvgIpc) is 2.53. The maximum Gasteiger partial charge on any atom is 0.121 e. The third-order valence-corrected chi connectivity index (χ3v) is 3.22. The molecule has 3 heteroatoms. The number of hydrogen-bond donors (Lipinski definition) is 3. The molecule has 15 heavy (non-hydrogen) atoms. The molecule has 1 aromatic heterocycles. The van der Waals surface area contributed by atoms with E-state index in [2.05, 4.69) is 17.2 Å². The van der Waals surface area contributed by atoms with Crippen molar-refractivity contribution < 1.29 is 5.11 Å². The number of H-pyrrole nitrogens is 1. The zero-order chi connectivity index (χ0) is 10.4. The van der Waals surface area contributed by atoms with Crippen LogP contribution in [-0.2, 0) is 6.42 Å². The lowest BCUT2D eigenvalue weighted by Gasteiger charge is -2.13. The third kappa shape index (κ3) is 1.16. The van der Waals surface area contributed by atoms with E-state index in [1.807, 2.05) is 12.3 Å². The van der Waals surface area contributed by atoms with Gasteiger partial charge in [0, 0.05) is 28.7 Å². The summed E-state index contributed by atoms with van der Waals surface area (Å²) in [6, 6.07) is 3.92. The van der Waals surface area contributed by atoms with Crippen LogP contribution in [0.3, 0.4) is 0 Å². The van der Waals surface area contributed by atoms with E-state index in [0.717, 1.165) is 24.0 Å². The molecule has 2 heterocycles. The van der Waals surface area contributed by atoms with Crippen LogP contribution >= 0.6 is 0 Å². The monoisotopic (exact) mass is 202 g/mol. The Hall–Kier alpha value is -1.48. The van der Waals surface area contributed by atoms with Crippen molar-refractivity contribution in [3.8, 4) is 5.75 Å². The van der Waals surface area contributed by atoms with E-state index < -0.39 is 0 Å². The Kier molecular flexibility index (Phi) is 1.76. The lowest BCUT2D eigenvalue weighted by atomic mass is 10.0. The van der Waals surface area contributed by atoms with E-state index in [0.29, 0.717) is 5.75 Å². The fourth-order valence-electron chi connectivity index (χ4n) is 2.47. The standard InChI is InChI=1S/C12H14N2O/c1-7-11-10(15)3-2-9-12(11)8(6-14-9)4-5-13-7/h2-3,6-7,13-15H,4-5H2,1H3. The van der Waals surface area contributed by atoms with Gasteiger partial charge in [-0.1, -0.05) is 0 Å². The largest absolute Gasteiger partial charge is 0.508 e. The highest BCUT2D eigenvalue weighted by atomic mass is 16.3. The smallest absolute Gasteiger partial charge is 0.121 e. The number of rotatable bonds is 0. The van der Waals surface area contributed by atoms with Gasteiger partial charge in [0.2, 0.25) is 0 Å². The third-order valence-electron chi connectivity index (χ3n) is 3.22. The Bertz CT molecular complexity index is 516. The molecule has 0 saturated carbocycles. The van der Waals surface area contributed by atoms with Crippen LogP contribution in [0.2, 0.25) is 0 Å². The molecule has 1 aliphatic heterocycles. The van der Waals surface area contributed by atoms with Crippen LogP contribution in [0.5, 0.6) is 5.75 Å². The molecule has 1 aromatic carbocycles. The van der Waals surface area contributed by atoms with Crippen molar-refractivity contribution in [1.82, 2.24) is 10.3 Å². The lowest BCUT2D eigenvalue weighted by molar-refractivity contribution is 0.457. The van der Waals surface area contributed by atoms with Gasteiger partial charge in [0.05, 0.1) is 0 Å². The minimum absolute atomic E-state index is 0.214. The molecule has 1 aliphatic rings. The summed E-state index contributed by atoms with van der Waals surface area (Å²) < 4.78 is 0. The Balaban J connectivity index is 2.42. The topological polar surface area (TPSA) is 48.0 Å². The summed E-state index contributed by atoms with van der Waals surface area (Å²) in [5.74, 6) is 0.394. The van der Waals surface area contributed by atoms with Crippen LogP contribution < -0.4 is 5.32 Å². The summed E-state index contributed by atoms with van der Waals surface area (Å²) in [6.07, 6.45) is 3.06. The van der Waals surface area contributed by atoms with E-state index in [1.165, 1.54) is 10.9 Å². The van der Waals surface area contributed by atoms with Gasteiger partial charge in [-0.15, -0.1) is 0 Å². The number of phenolic OH excluding ortho intramolecular Hbond substituents is 1. The van der Waals surface area contributed by atoms with E-state index in [-0.39, 0.29) is 6.04 Å². The summed E-state index contributed by atoms with van der Waals surface area (Å²) in [6.45, 7) is 3.05. The SMILES string of the molecule is CC1NCCc2c[nH]c3ccc(O)c1c23. The maximum absolute atomic E-state index is 9.93.